The van der Waals surface area contributed by atoms with Gasteiger partial charge in [0, 0.05) is 27.3 Å². The Hall–Kier alpha value is -2.71. The fourth-order valence-electron chi connectivity index (χ4n) is 6.08. The van der Waals surface area contributed by atoms with Crippen LogP contribution in [0.25, 0.3) is 0 Å². The molecular formula is C26H26N2O4S2. The van der Waals surface area contributed by atoms with Gasteiger partial charge in [0.2, 0.25) is 0 Å². The van der Waals surface area contributed by atoms with E-state index >= 15 is 0 Å². The van der Waals surface area contributed by atoms with Crippen molar-refractivity contribution in [3.63, 3.8) is 0 Å². The highest BCUT2D eigenvalue weighted by atomic mass is 32.2. The number of rotatable bonds is 6. The zero-order chi connectivity index (χ0) is 23.2. The fraction of sp³-hybridized carbons (Fsp3) is 0.385. The van der Waals surface area contributed by atoms with Gasteiger partial charge in [-0.1, -0.05) is 29.5 Å². The third-order valence-corrected chi connectivity index (χ3v) is 10.1. The average Bonchev–Trinajstić information content (AvgIpc) is 3.56. The number of thiazole rings is 1. The van der Waals surface area contributed by atoms with Gasteiger partial charge in [-0.15, -0.1) is 11.8 Å². The molecule has 0 radical (unpaired) electrons. The van der Waals surface area contributed by atoms with Gasteiger partial charge in [-0.3, -0.25) is 9.59 Å². The van der Waals surface area contributed by atoms with Crippen LogP contribution in [0.2, 0.25) is 0 Å². The molecule has 2 saturated carbocycles. The molecule has 2 N–H and O–H groups in total. The van der Waals surface area contributed by atoms with E-state index in [0.717, 1.165) is 32.9 Å². The van der Waals surface area contributed by atoms with Gasteiger partial charge in [0.15, 0.2) is 6.61 Å². The van der Waals surface area contributed by atoms with Crippen molar-refractivity contribution in [2.24, 2.45) is 17.8 Å². The third-order valence-electron chi connectivity index (χ3n) is 7.45. The molecule has 2 heterocycles. The number of nitrogens with one attached hydrogen (secondary N) is 2. The molecule has 3 aromatic rings. The maximum Gasteiger partial charge on any atom is 0.305 e. The molecule has 1 aliphatic heterocycles. The number of carbonyl (C=O) groups excluding carboxylic acids is 1. The van der Waals surface area contributed by atoms with E-state index in [9.17, 15) is 9.59 Å². The van der Waals surface area contributed by atoms with E-state index in [2.05, 4.69) is 16.4 Å². The van der Waals surface area contributed by atoms with Crippen molar-refractivity contribution in [2.75, 3.05) is 19.0 Å². The minimum Gasteiger partial charge on any atom is -0.497 e. The van der Waals surface area contributed by atoms with E-state index in [1.807, 2.05) is 30.0 Å². The minimum absolute atomic E-state index is 0.00656. The Morgan fingerprint density at radius 1 is 1.12 bits per heavy atom. The molecule has 8 heteroatoms. The van der Waals surface area contributed by atoms with E-state index in [1.165, 1.54) is 30.6 Å². The van der Waals surface area contributed by atoms with Gasteiger partial charge in [0.25, 0.3) is 5.91 Å². The number of methoxy groups -OCH3 is 1. The molecule has 0 saturated heterocycles. The number of para-hydroxylation sites is 1. The number of aromatic nitrogens is 1. The number of H-pyrrole nitrogens is 1. The molecule has 0 unspecified atom stereocenters. The zero-order valence-electron chi connectivity index (χ0n) is 18.8. The van der Waals surface area contributed by atoms with Crippen molar-refractivity contribution in [2.45, 2.75) is 35.5 Å². The molecule has 3 aliphatic rings. The summed E-state index contributed by atoms with van der Waals surface area (Å²) in [6.45, 7) is -0.0825. The van der Waals surface area contributed by atoms with Crippen LogP contribution in [0.15, 0.2) is 58.4 Å². The second kappa shape index (κ2) is 8.82. The molecule has 34 heavy (non-hydrogen) atoms. The topological polar surface area (TPSA) is 80.4 Å². The fourth-order valence-corrected chi connectivity index (χ4v) is 8.97. The lowest BCUT2D eigenvalue weighted by molar-refractivity contribution is -0.118. The molecule has 0 spiro atoms. The summed E-state index contributed by atoms with van der Waals surface area (Å²) < 4.78 is 11.3. The SMILES string of the molecule is COc1ccc(NC(=O)COc2ccccc2[C@H]2c3sc(=O)[nH]c3S[C@H]3[C@@H]4CC[C@@H](C4)[C@H]23)cc1. The van der Waals surface area contributed by atoms with Gasteiger partial charge in [0.1, 0.15) is 11.5 Å². The zero-order valence-corrected chi connectivity index (χ0v) is 20.4. The van der Waals surface area contributed by atoms with Crippen LogP contribution >= 0.6 is 23.1 Å². The van der Waals surface area contributed by atoms with Gasteiger partial charge < -0.3 is 19.8 Å². The first-order valence-corrected chi connectivity index (χ1v) is 13.4. The Kier molecular flexibility index (Phi) is 5.65. The summed E-state index contributed by atoms with van der Waals surface area (Å²) in [5.74, 6) is 3.27. The average molecular weight is 495 g/mol. The molecular weight excluding hydrogens is 468 g/mol. The standard InChI is InChI=1S/C26H26N2O4S2/c1-31-17-10-8-16(9-11-17)27-20(29)13-32-19-5-3-2-4-18(19)22-21-14-6-7-15(12-14)23(21)33-25-24(22)34-26(30)28-25/h2-5,8-11,14-15,21-23H,6-7,12-13H2,1H3,(H,27,29)(H,28,30)/t14-,15+,21+,22+,23-/m0/s1. The molecule has 176 valence electrons. The van der Waals surface area contributed by atoms with Crippen molar-refractivity contribution in [1.29, 1.82) is 0 Å². The van der Waals surface area contributed by atoms with Crippen LogP contribution < -0.4 is 19.7 Å². The number of carbonyl (C=O) groups is 1. The molecule has 6 rings (SSSR count). The summed E-state index contributed by atoms with van der Waals surface area (Å²) in [6, 6.07) is 15.2. The summed E-state index contributed by atoms with van der Waals surface area (Å²) in [5, 5.41) is 4.44. The summed E-state index contributed by atoms with van der Waals surface area (Å²) in [4.78, 5) is 29.1. The number of amides is 1. The van der Waals surface area contributed by atoms with Crippen LogP contribution in [0, 0.1) is 17.8 Å². The Morgan fingerprint density at radius 2 is 1.91 bits per heavy atom. The van der Waals surface area contributed by atoms with Crippen LogP contribution in [-0.4, -0.2) is 29.9 Å². The first-order valence-electron chi connectivity index (χ1n) is 11.7. The van der Waals surface area contributed by atoms with Crippen LogP contribution in [0.3, 0.4) is 0 Å². The van der Waals surface area contributed by atoms with Crippen molar-refractivity contribution < 1.29 is 14.3 Å². The number of anilines is 1. The molecule has 2 aromatic carbocycles. The number of aromatic amines is 1. The highest BCUT2D eigenvalue weighted by Crippen LogP contribution is 2.64. The minimum atomic E-state index is -0.219. The number of ether oxygens (including phenoxy) is 2. The lowest BCUT2D eigenvalue weighted by Crippen LogP contribution is -2.34. The Morgan fingerprint density at radius 3 is 2.74 bits per heavy atom. The van der Waals surface area contributed by atoms with E-state index < -0.39 is 0 Å². The van der Waals surface area contributed by atoms with E-state index in [0.29, 0.717) is 22.8 Å². The maximum atomic E-state index is 12.6. The highest BCUT2D eigenvalue weighted by molar-refractivity contribution is 8.00. The Bertz CT molecular complexity index is 1270. The molecule has 1 aromatic heterocycles. The number of hydrogen-bond donors (Lipinski definition) is 2. The van der Waals surface area contributed by atoms with Crippen LogP contribution in [0.4, 0.5) is 5.69 Å². The second-order valence-corrected chi connectivity index (χ2v) is 11.5. The van der Waals surface area contributed by atoms with E-state index in [1.54, 1.807) is 31.4 Å². The smallest absolute Gasteiger partial charge is 0.305 e. The van der Waals surface area contributed by atoms with Crippen LogP contribution in [-0.2, 0) is 4.79 Å². The summed E-state index contributed by atoms with van der Waals surface area (Å²) in [5.41, 5.74) is 1.78. The van der Waals surface area contributed by atoms with Gasteiger partial charge in [-0.2, -0.15) is 0 Å². The van der Waals surface area contributed by atoms with Crippen LogP contribution in [0.5, 0.6) is 11.5 Å². The molecule has 6 nitrogen and oxygen atoms in total. The lowest BCUT2D eigenvalue weighted by atomic mass is 9.74. The molecule has 5 atom stereocenters. The van der Waals surface area contributed by atoms with Crippen LogP contribution in [0.1, 0.15) is 35.6 Å². The van der Waals surface area contributed by atoms with E-state index in [4.69, 9.17) is 9.47 Å². The molecule has 2 aliphatic carbocycles. The third kappa shape index (κ3) is 3.82. The summed E-state index contributed by atoms with van der Waals surface area (Å²) in [6.07, 6.45) is 3.84. The number of thioether (sulfide) groups is 1. The predicted molar refractivity (Wildman–Crippen MR) is 134 cm³/mol. The monoisotopic (exact) mass is 494 g/mol. The number of hydrogen-bond acceptors (Lipinski definition) is 6. The first kappa shape index (κ1) is 21.8. The summed E-state index contributed by atoms with van der Waals surface area (Å²) >= 11 is 3.21. The largest absolute Gasteiger partial charge is 0.497 e. The first-order chi connectivity index (χ1) is 16.6. The Labute approximate surface area is 206 Å². The second-order valence-electron chi connectivity index (χ2n) is 9.28. The van der Waals surface area contributed by atoms with Crippen molar-refractivity contribution in [3.8, 4) is 11.5 Å². The Balaban J connectivity index is 1.25. The lowest BCUT2D eigenvalue weighted by Gasteiger charge is -2.40. The van der Waals surface area contributed by atoms with Gasteiger partial charge in [-0.05, 0) is 67.3 Å². The quantitative estimate of drug-likeness (QED) is 0.498. The van der Waals surface area contributed by atoms with Gasteiger partial charge in [-0.25, -0.2) is 0 Å². The highest BCUT2D eigenvalue weighted by Gasteiger charge is 2.55. The van der Waals surface area contributed by atoms with Gasteiger partial charge >= 0.3 is 4.87 Å². The molecule has 2 bridgehead atoms. The van der Waals surface area contributed by atoms with Crippen molar-refractivity contribution >= 4 is 34.7 Å². The number of fused-ring (bicyclic) bond motifs is 6. The van der Waals surface area contributed by atoms with E-state index in [-0.39, 0.29) is 23.3 Å². The predicted octanol–water partition coefficient (Wildman–Crippen LogP) is 5.11. The summed E-state index contributed by atoms with van der Waals surface area (Å²) in [7, 11) is 1.61. The van der Waals surface area contributed by atoms with Crippen molar-refractivity contribution in [3.05, 3.63) is 68.6 Å². The molecule has 2 fully saturated rings. The molecule has 1 amide bonds. The number of benzene rings is 2. The van der Waals surface area contributed by atoms with Gasteiger partial charge in [0.05, 0.1) is 12.1 Å². The van der Waals surface area contributed by atoms with Crippen molar-refractivity contribution in [1.82, 2.24) is 4.98 Å². The maximum absolute atomic E-state index is 12.6. The normalized spacial score (nSPS) is 26.6.